The van der Waals surface area contributed by atoms with Crippen LogP contribution in [0.15, 0.2) is 35.6 Å². The first-order valence-corrected chi connectivity index (χ1v) is 11.4. The number of aromatic amines is 1. The molecule has 0 radical (unpaired) electrons. The number of pyridine rings is 1. The molecule has 1 saturated heterocycles. The van der Waals surface area contributed by atoms with Crippen LogP contribution >= 0.6 is 0 Å². The summed E-state index contributed by atoms with van der Waals surface area (Å²) >= 11 is 0. The van der Waals surface area contributed by atoms with Crippen LogP contribution in [-0.4, -0.2) is 44.3 Å². The van der Waals surface area contributed by atoms with Crippen molar-refractivity contribution in [2.45, 2.75) is 56.9 Å². The molecule has 0 saturated carbocycles. The zero-order valence-corrected chi connectivity index (χ0v) is 18.5. The summed E-state index contributed by atoms with van der Waals surface area (Å²) in [5.74, 6) is 0.495. The summed E-state index contributed by atoms with van der Waals surface area (Å²) < 4.78 is 30.2. The number of benzene rings is 1. The van der Waals surface area contributed by atoms with E-state index in [0.717, 1.165) is 40.0 Å². The average molecular weight is 430 g/mol. The normalized spacial score (nSPS) is 19.3. The Morgan fingerprint density at radius 2 is 2.13 bits per heavy atom. The molecule has 30 heavy (non-hydrogen) atoms. The Hall–Kier alpha value is -2.29. The Morgan fingerprint density at radius 3 is 2.90 bits per heavy atom. The number of hydrogen-bond donors (Lipinski definition) is 1. The van der Waals surface area contributed by atoms with Crippen LogP contribution in [0.3, 0.4) is 0 Å². The molecule has 3 heterocycles. The van der Waals surface area contributed by atoms with Crippen LogP contribution in [0.25, 0.3) is 11.0 Å². The maximum atomic E-state index is 12.9. The minimum Gasteiger partial charge on any atom is -0.493 e. The Bertz CT molecular complexity index is 1080. The van der Waals surface area contributed by atoms with E-state index < -0.39 is 16.6 Å². The summed E-state index contributed by atoms with van der Waals surface area (Å²) in [7, 11) is -1.33. The number of aromatic nitrogens is 3. The number of H-pyrrole nitrogens is 1. The van der Waals surface area contributed by atoms with Gasteiger partial charge in [0.1, 0.15) is 5.75 Å². The van der Waals surface area contributed by atoms with Gasteiger partial charge in [-0.1, -0.05) is 6.07 Å². The average Bonchev–Trinajstić information content (AvgIpc) is 3.27. The maximum Gasteiger partial charge on any atom is 0.197 e. The van der Waals surface area contributed by atoms with Crippen molar-refractivity contribution in [1.29, 1.82) is 0 Å². The van der Waals surface area contributed by atoms with E-state index in [0.29, 0.717) is 18.4 Å². The predicted octanol–water partition coefficient (Wildman–Crippen LogP) is 3.80. The topological polar surface area (TPSA) is 86.3 Å². The van der Waals surface area contributed by atoms with Crippen LogP contribution < -0.4 is 4.74 Å². The summed E-state index contributed by atoms with van der Waals surface area (Å²) in [6, 6.07) is 7.76. The van der Waals surface area contributed by atoms with Crippen LogP contribution in [0.5, 0.6) is 5.75 Å². The van der Waals surface area contributed by atoms with Crippen molar-refractivity contribution in [3.8, 4) is 5.75 Å². The van der Waals surface area contributed by atoms with Gasteiger partial charge < -0.3 is 19.2 Å². The van der Waals surface area contributed by atoms with Gasteiger partial charge in [0, 0.05) is 18.2 Å². The van der Waals surface area contributed by atoms with Gasteiger partial charge in [0.05, 0.1) is 52.6 Å². The molecule has 3 aromatic rings. The van der Waals surface area contributed by atoms with Gasteiger partial charge in [0.2, 0.25) is 0 Å². The van der Waals surface area contributed by atoms with Crippen molar-refractivity contribution in [3.63, 3.8) is 0 Å². The molecule has 1 aromatic carbocycles. The molecule has 0 spiro atoms. The van der Waals surface area contributed by atoms with Crippen molar-refractivity contribution in [1.82, 2.24) is 15.0 Å². The van der Waals surface area contributed by atoms with Crippen molar-refractivity contribution >= 4 is 21.8 Å². The number of aryl methyl sites for hydroxylation is 1. The van der Waals surface area contributed by atoms with Crippen LogP contribution in [-0.2, 0) is 26.0 Å². The molecule has 0 aliphatic carbocycles. The van der Waals surface area contributed by atoms with Crippen molar-refractivity contribution < 1.29 is 18.4 Å². The van der Waals surface area contributed by atoms with Gasteiger partial charge in [-0.05, 0) is 51.5 Å². The summed E-state index contributed by atoms with van der Waals surface area (Å²) in [5, 5.41) is 0.462. The molecule has 7 nitrogen and oxygen atoms in total. The third kappa shape index (κ3) is 4.71. The molecule has 1 N–H and O–H groups in total. The van der Waals surface area contributed by atoms with Crippen LogP contribution in [0.2, 0.25) is 0 Å². The van der Waals surface area contributed by atoms with E-state index >= 15 is 0 Å². The van der Waals surface area contributed by atoms with E-state index in [2.05, 4.69) is 15.0 Å². The Balaban J connectivity index is 1.40. The lowest BCUT2D eigenvalue weighted by Crippen LogP contribution is -2.22. The molecular formula is C22H27N3O4S. The Kier molecular flexibility index (Phi) is 5.90. The van der Waals surface area contributed by atoms with Gasteiger partial charge in [-0.15, -0.1) is 0 Å². The lowest BCUT2D eigenvalue weighted by atomic mass is 10.2. The van der Waals surface area contributed by atoms with Crippen molar-refractivity contribution in [2.75, 3.05) is 13.2 Å². The Morgan fingerprint density at radius 1 is 1.30 bits per heavy atom. The van der Waals surface area contributed by atoms with E-state index in [1.54, 1.807) is 6.20 Å². The molecule has 160 valence electrons. The van der Waals surface area contributed by atoms with E-state index in [9.17, 15) is 4.21 Å². The third-order valence-electron chi connectivity index (χ3n) is 5.12. The molecule has 4 rings (SSSR count). The molecule has 1 aliphatic heterocycles. The summed E-state index contributed by atoms with van der Waals surface area (Å²) in [4.78, 5) is 12.1. The van der Waals surface area contributed by atoms with Crippen LogP contribution in [0.1, 0.15) is 37.1 Å². The van der Waals surface area contributed by atoms with Gasteiger partial charge in [0.25, 0.3) is 0 Å². The molecule has 0 bridgehead atoms. The van der Waals surface area contributed by atoms with Crippen LogP contribution in [0.4, 0.5) is 0 Å². The number of rotatable bonds is 7. The molecule has 1 fully saturated rings. The zero-order valence-electron chi connectivity index (χ0n) is 17.7. The third-order valence-corrected chi connectivity index (χ3v) is 6.28. The van der Waals surface area contributed by atoms with E-state index in [4.69, 9.17) is 14.2 Å². The lowest BCUT2D eigenvalue weighted by molar-refractivity contribution is -0.139. The zero-order chi connectivity index (χ0) is 21.3. The first kappa shape index (κ1) is 21.0. The quantitative estimate of drug-likeness (QED) is 0.615. The molecule has 0 amide bonds. The SMILES string of the molecule is Cc1ccc2nc(S(=O)Cc3nccc(OCCC4COC(C)(C)O4)c3C)[nH]c2c1. The van der Waals surface area contributed by atoms with Crippen molar-refractivity contribution in [3.05, 3.63) is 47.3 Å². The highest BCUT2D eigenvalue weighted by Crippen LogP contribution is 2.26. The second-order valence-corrected chi connectivity index (χ2v) is 9.39. The number of nitrogens with zero attached hydrogens (tertiary/aromatic N) is 2. The fourth-order valence-electron chi connectivity index (χ4n) is 3.47. The minimum absolute atomic E-state index is 0.0332. The number of hydrogen-bond acceptors (Lipinski definition) is 6. The molecule has 1 aliphatic rings. The Labute approximate surface area is 178 Å². The van der Waals surface area contributed by atoms with Gasteiger partial charge in [0.15, 0.2) is 10.9 Å². The van der Waals surface area contributed by atoms with E-state index in [-0.39, 0.29) is 11.9 Å². The summed E-state index contributed by atoms with van der Waals surface area (Å²) in [6.07, 6.45) is 2.46. The highest BCUT2D eigenvalue weighted by molar-refractivity contribution is 7.84. The number of imidazole rings is 1. The highest BCUT2D eigenvalue weighted by Gasteiger charge is 2.32. The summed E-state index contributed by atoms with van der Waals surface area (Å²) in [5.41, 5.74) is 4.46. The van der Waals surface area contributed by atoms with E-state index in [1.807, 2.05) is 52.0 Å². The number of nitrogens with one attached hydrogen (secondary N) is 1. The lowest BCUT2D eigenvalue weighted by Gasteiger charge is -2.17. The fraction of sp³-hybridized carbons (Fsp3) is 0.455. The minimum atomic E-state index is -1.33. The molecular weight excluding hydrogens is 402 g/mol. The number of ether oxygens (including phenoxy) is 3. The van der Waals surface area contributed by atoms with Gasteiger partial charge in [-0.25, -0.2) is 4.98 Å². The first-order chi connectivity index (χ1) is 14.3. The maximum absolute atomic E-state index is 12.9. The number of fused-ring (bicyclic) bond motifs is 1. The van der Waals surface area contributed by atoms with Gasteiger partial charge >= 0.3 is 0 Å². The van der Waals surface area contributed by atoms with Crippen LogP contribution in [0, 0.1) is 13.8 Å². The molecule has 2 atom stereocenters. The molecule has 2 unspecified atom stereocenters. The second-order valence-electron chi connectivity index (χ2n) is 8.02. The second kappa shape index (κ2) is 8.45. The largest absolute Gasteiger partial charge is 0.493 e. The monoisotopic (exact) mass is 429 g/mol. The predicted molar refractivity (Wildman–Crippen MR) is 115 cm³/mol. The molecule has 2 aromatic heterocycles. The first-order valence-electron chi connectivity index (χ1n) is 10.0. The molecule has 8 heteroatoms. The van der Waals surface area contributed by atoms with Crippen molar-refractivity contribution in [2.24, 2.45) is 0 Å². The van der Waals surface area contributed by atoms with Gasteiger partial charge in [-0.3, -0.25) is 9.19 Å². The van der Waals surface area contributed by atoms with E-state index in [1.165, 1.54) is 0 Å². The van der Waals surface area contributed by atoms with Gasteiger partial charge in [-0.2, -0.15) is 0 Å². The fourth-order valence-corrected chi connectivity index (χ4v) is 4.57. The summed E-state index contributed by atoms with van der Waals surface area (Å²) in [6.45, 7) is 8.87. The highest BCUT2D eigenvalue weighted by atomic mass is 32.2. The standard InChI is InChI=1S/C22H27N3O4S/c1-14-5-6-17-18(11-14)25-21(24-17)30(26)13-19-15(2)20(7-9-23-19)27-10-8-16-12-28-22(3,4)29-16/h5-7,9,11,16H,8,10,12-13H2,1-4H3,(H,24,25). The smallest absolute Gasteiger partial charge is 0.197 e.